The number of likely N-dealkylation sites (tertiary alicyclic amines) is 1. The van der Waals surface area contributed by atoms with E-state index in [1.165, 1.54) is 32.4 Å². The molecule has 1 aromatic carbocycles. The van der Waals surface area contributed by atoms with E-state index < -0.39 is 0 Å². The molecule has 2 nitrogen and oxygen atoms in total. The summed E-state index contributed by atoms with van der Waals surface area (Å²) in [6.07, 6.45) is 4.07. The largest absolute Gasteiger partial charge is 0.492 e. The van der Waals surface area contributed by atoms with E-state index in [0.29, 0.717) is 0 Å². The summed E-state index contributed by atoms with van der Waals surface area (Å²) < 4.78 is 5.62. The fourth-order valence-corrected chi connectivity index (χ4v) is 1.90. The van der Waals surface area contributed by atoms with Gasteiger partial charge in [0.25, 0.3) is 0 Å². The number of ether oxygens (including phenoxy) is 1. The van der Waals surface area contributed by atoms with Gasteiger partial charge in [0.1, 0.15) is 12.4 Å². The number of hydrogen-bond donors (Lipinski definition) is 0. The summed E-state index contributed by atoms with van der Waals surface area (Å²) >= 11 is 0. The predicted octanol–water partition coefficient (Wildman–Crippen LogP) is 2.15. The van der Waals surface area contributed by atoms with Gasteiger partial charge in [0, 0.05) is 12.6 Å². The second-order valence-corrected chi connectivity index (χ2v) is 3.92. The molecular formula is C13H17NO. The van der Waals surface area contributed by atoms with Crippen LogP contribution in [-0.2, 0) is 0 Å². The molecule has 0 aliphatic carbocycles. The normalized spacial score (nSPS) is 17.1. The second kappa shape index (κ2) is 5.63. The van der Waals surface area contributed by atoms with Crippen molar-refractivity contribution in [2.24, 2.45) is 0 Å². The van der Waals surface area contributed by atoms with Gasteiger partial charge in [0.15, 0.2) is 0 Å². The lowest BCUT2D eigenvalue weighted by atomic mass is 10.1. The highest BCUT2D eigenvalue weighted by atomic mass is 16.5. The first-order valence-electron chi connectivity index (χ1n) is 5.68. The third-order valence-electron chi connectivity index (χ3n) is 2.75. The van der Waals surface area contributed by atoms with Crippen molar-refractivity contribution < 1.29 is 4.74 Å². The number of piperidine rings is 1. The highest BCUT2D eigenvalue weighted by Gasteiger charge is 2.09. The minimum absolute atomic E-state index is 0.776. The van der Waals surface area contributed by atoms with Crippen molar-refractivity contribution in [3.63, 3.8) is 0 Å². The molecule has 0 bridgehead atoms. The molecule has 2 heteroatoms. The average Bonchev–Trinajstić information content (AvgIpc) is 2.32. The Morgan fingerprint density at radius 3 is 2.80 bits per heavy atom. The van der Waals surface area contributed by atoms with Gasteiger partial charge in [-0.25, -0.2) is 0 Å². The molecule has 80 valence electrons. The first-order valence-corrected chi connectivity index (χ1v) is 5.68. The van der Waals surface area contributed by atoms with Gasteiger partial charge in [-0.3, -0.25) is 4.90 Å². The number of rotatable bonds is 4. The molecular weight excluding hydrogens is 186 g/mol. The van der Waals surface area contributed by atoms with Crippen molar-refractivity contribution in [3.05, 3.63) is 30.3 Å². The van der Waals surface area contributed by atoms with Crippen molar-refractivity contribution in [2.45, 2.75) is 19.3 Å². The zero-order chi connectivity index (χ0) is 10.3. The van der Waals surface area contributed by atoms with E-state index in [9.17, 15) is 0 Å². The molecule has 15 heavy (non-hydrogen) atoms. The molecule has 1 aliphatic heterocycles. The van der Waals surface area contributed by atoms with Crippen molar-refractivity contribution in [3.8, 4) is 5.75 Å². The van der Waals surface area contributed by atoms with E-state index in [4.69, 9.17) is 4.74 Å². The van der Waals surface area contributed by atoms with Crippen LogP contribution >= 0.6 is 0 Å². The van der Waals surface area contributed by atoms with Crippen LogP contribution in [0.1, 0.15) is 19.3 Å². The minimum Gasteiger partial charge on any atom is -0.492 e. The minimum atomic E-state index is 0.776. The summed E-state index contributed by atoms with van der Waals surface area (Å²) in [6, 6.07) is 11.3. The van der Waals surface area contributed by atoms with E-state index in [2.05, 4.69) is 17.0 Å². The molecule has 0 radical (unpaired) electrons. The predicted molar refractivity (Wildman–Crippen MR) is 59.9 cm³/mol. The molecule has 1 aromatic rings. The monoisotopic (exact) mass is 203 g/mol. The maximum atomic E-state index is 5.62. The SMILES string of the molecule is c1ccc(OCCN2CCCCC2)cc#1. The Bertz CT molecular complexity index is 267. The van der Waals surface area contributed by atoms with Crippen LogP contribution in [0.5, 0.6) is 5.75 Å². The molecule has 1 fully saturated rings. The molecule has 0 unspecified atom stereocenters. The van der Waals surface area contributed by atoms with Gasteiger partial charge in [-0.15, -0.1) is 0 Å². The Balaban J connectivity index is 1.66. The molecule has 0 N–H and O–H groups in total. The molecule has 1 aliphatic rings. The van der Waals surface area contributed by atoms with Crippen LogP contribution in [0.2, 0.25) is 0 Å². The Labute approximate surface area is 91.9 Å². The molecule has 0 aromatic heterocycles. The lowest BCUT2D eigenvalue weighted by Gasteiger charge is -2.26. The summed E-state index contributed by atoms with van der Waals surface area (Å²) in [7, 11) is 0. The lowest BCUT2D eigenvalue weighted by Crippen LogP contribution is -2.33. The quantitative estimate of drug-likeness (QED) is 0.743. The highest BCUT2D eigenvalue weighted by Crippen LogP contribution is 2.09. The molecule has 0 saturated carbocycles. The standard InChI is InChI=1S/C13H17NO/c1-3-7-13(8-4-1)15-12-11-14-9-5-2-6-10-14/h3,7-8H,2,5-6,9-12H2. The molecule has 2 rings (SSSR count). The Morgan fingerprint density at radius 1 is 1.20 bits per heavy atom. The molecule has 0 amide bonds. The number of nitrogens with zero attached hydrogens (tertiary/aromatic N) is 1. The fourth-order valence-electron chi connectivity index (χ4n) is 1.90. The summed E-state index contributed by atoms with van der Waals surface area (Å²) in [5.41, 5.74) is 0. The van der Waals surface area contributed by atoms with E-state index in [1.807, 2.05) is 18.2 Å². The van der Waals surface area contributed by atoms with Crippen LogP contribution in [0.15, 0.2) is 18.2 Å². The third-order valence-corrected chi connectivity index (χ3v) is 2.75. The third kappa shape index (κ3) is 3.45. The summed E-state index contributed by atoms with van der Waals surface area (Å²) in [6.45, 7) is 4.28. The molecule has 1 saturated heterocycles. The van der Waals surface area contributed by atoms with E-state index >= 15 is 0 Å². The summed E-state index contributed by atoms with van der Waals surface area (Å²) in [4.78, 5) is 2.47. The van der Waals surface area contributed by atoms with Gasteiger partial charge in [-0.05, 0) is 38.1 Å². The smallest absolute Gasteiger partial charge is 0.128 e. The Kier molecular flexibility index (Phi) is 3.87. The van der Waals surface area contributed by atoms with Crippen LogP contribution in [0.25, 0.3) is 0 Å². The Morgan fingerprint density at radius 2 is 2.07 bits per heavy atom. The summed E-state index contributed by atoms with van der Waals surface area (Å²) in [5, 5.41) is 0. The molecule has 0 spiro atoms. The van der Waals surface area contributed by atoms with Gasteiger partial charge in [-0.2, -0.15) is 0 Å². The van der Waals surface area contributed by atoms with Gasteiger partial charge >= 0.3 is 0 Å². The Hall–Kier alpha value is -1.20. The first kappa shape index (κ1) is 10.3. The first-order chi connectivity index (χ1) is 7.45. The van der Waals surface area contributed by atoms with Crippen LogP contribution in [0, 0.1) is 12.1 Å². The lowest BCUT2D eigenvalue weighted by molar-refractivity contribution is 0.183. The summed E-state index contributed by atoms with van der Waals surface area (Å²) in [5.74, 6) is 0.894. The van der Waals surface area contributed by atoms with E-state index in [0.717, 1.165) is 18.9 Å². The molecule has 1 heterocycles. The molecule has 0 atom stereocenters. The van der Waals surface area contributed by atoms with Crippen molar-refractivity contribution >= 4 is 0 Å². The van der Waals surface area contributed by atoms with Crippen LogP contribution < -0.4 is 4.74 Å². The van der Waals surface area contributed by atoms with Crippen molar-refractivity contribution in [2.75, 3.05) is 26.2 Å². The van der Waals surface area contributed by atoms with E-state index in [1.54, 1.807) is 0 Å². The van der Waals surface area contributed by atoms with E-state index in [-0.39, 0.29) is 0 Å². The highest BCUT2D eigenvalue weighted by molar-refractivity contribution is 5.16. The average molecular weight is 203 g/mol. The van der Waals surface area contributed by atoms with Crippen LogP contribution in [-0.4, -0.2) is 31.1 Å². The topological polar surface area (TPSA) is 12.5 Å². The van der Waals surface area contributed by atoms with Gasteiger partial charge in [-0.1, -0.05) is 18.6 Å². The van der Waals surface area contributed by atoms with Gasteiger partial charge in [0.05, 0.1) is 0 Å². The number of hydrogen-bond acceptors (Lipinski definition) is 2. The maximum absolute atomic E-state index is 5.62. The van der Waals surface area contributed by atoms with Gasteiger partial charge in [0.2, 0.25) is 0 Å². The second-order valence-electron chi connectivity index (χ2n) is 3.92. The van der Waals surface area contributed by atoms with Crippen LogP contribution in [0.3, 0.4) is 0 Å². The van der Waals surface area contributed by atoms with Crippen molar-refractivity contribution in [1.29, 1.82) is 0 Å². The fraction of sp³-hybridized carbons (Fsp3) is 0.538. The zero-order valence-electron chi connectivity index (χ0n) is 9.04. The zero-order valence-corrected chi connectivity index (χ0v) is 9.04. The van der Waals surface area contributed by atoms with Crippen molar-refractivity contribution in [1.82, 2.24) is 4.90 Å². The van der Waals surface area contributed by atoms with Crippen LogP contribution in [0.4, 0.5) is 0 Å². The maximum Gasteiger partial charge on any atom is 0.128 e. The van der Waals surface area contributed by atoms with Gasteiger partial charge < -0.3 is 4.74 Å².